The third-order valence-corrected chi connectivity index (χ3v) is 5.39. The largest absolute Gasteiger partial charge is 0.399 e. The average molecular weight is 315 g/mol. The Balaban J connectivity index is 1.47. The second kappa shape index (κ2) is 7.35. The summed E-state index contributed by atoms with van der Waals surface area (Å²) >= 11 is 0. The summed E-state index contributed by atoms with van der Waals surface area (Å²) in [6.45, 7) is 7.17. The molecule has 1 aromatic carbocycles. The smallest absolute Gasteiger partial charge is 0.225 e. The van der Waals surface area contributed by atoms with Crippen LogP contribution in [-0.2, 0) is 11.3 Å². The fourth-order valence-corrected chi connectivity index (χ4v) is 3.77. The number of likely N-dealkylation sites (tertiary alicyclic amines) is 2. The molecule has 2 heterocycles. The summed E-state index contributed by atoms with van der Waals surface area (Å²) in [5, 5.41) is 0. The lowest BCUT2D eigenvalue weighted by Gasteiger charge is -2.36. The Bertz CT molecular complexity index is 529. The van der Waals surface area contributed by atoms with Crippen molar-refractivity contribution in [2.24, 2.45) is 11.8 Å². The number of hydrogen-bond donors (Lipinski definition) is 1. The van der Waals surface area contributed by atoms with Gasteiger partial charge in [0.2, 0.25) is 5.91 Å². The fourth-order valence-electron chi connectivity index (χ4n) is 3.77. The summed E-state index contributed by atoms with van der Waals surface area (Å²) in [4.78, 5) is 17.2. The van der Waals surface area contributed by atoms with Gasteiger partial charge in [0.1, 0.15) is 0 Å². The van der Waals surface area contributed by atoms with Crippen molar-refractivity contribution in [1.29, 1.82) is 0 Å². The molecule has 1 aromatic rings. The van der Waals surface area contributed by atoms with Gasteiger partial charge in [0.05, 0.1) is 0 Å². The van der Waals surface area contributed by atoms with Gasteiger partial charge in [0.15, 0.2) is 0 Å². The maximum Gasteiger partial charge on any atom is 0.225 e. The molecule has 0 unspecified atom stereocenters. The van der Waals surface area contributed by atoms with Crippen molar-refractivity contribution in [2.75, 3.05) is 31.9 Å². The molecular weight excluding hydrogens is 286 g/mol. The highest BCUT2D eigenvalue weighted by atomic mass is 16.2. The highest BCUT2D eigenvalue weighted by Crippen LogP contribution is 2.24. The molecule has 2 fully saturated rings. The molecule has 2 N–H and O–H groups in total. The van der Waals surface area contributed by atoms with Gasteiger partial charge in [-0.15, -0.1) is 0 Å². The Kier molecular flexibility index (Phi) is 5.21. The van der Waals surface area contributed by atoms with Crippen LogP contribution in [0.4, 0.5) is 5.69 Å². The summed E-state index contributed by atoms with van der Waals surface area (Å²) in [5.41, 5.74) is 7.94. The van der Waals surface area contributed by atoms with E-state index >= 15 is 0 Å². The van der Waals surface area contributed by atoms with E-state index in [0.717, 1.165) is 57.2 Å². The van der Waals surface area contributed by atoms with Crippen LogP contribution in [0, 0.1) is 11.8 Å². The topological polar surface area (TPSA) is 49.6 Å². The molecule has 0 aliphatic carbocycles. The molecule has 0 bridgehead atoms. The summed E-state index contributed by atoms with van der Waals surface area (Å²) in [7, 11) is 0. The van der Waals surface area contributed by atoms with E-state index in [9.17, 15) is 4.79 Å². The summed E-state index contributed by atoms with van der Waals surface area (Å²) < 4.78 is 0. The molecule has 3 rings (SSSR count). The van der Waals surface area contributed by atoms with Gasteiger partial charge in [0, 0.05) is 31.2 Å². The van der Waals surface area contributed by atoms with Crippen LogP contribution < -0.4 is 5.73 Å². The Morgan fingerprint density at radius 2 is 1.83 bits per heavy atom. The predicted molar refractivity (Wildman–Crippen MR) is 93.8 cm³/mol. The Morgan fingerprint density at radius 3 is 2.48 bits per heavy atom. The van der Waals surface area contributed by atoms with Crippen molar-refractivity contribution < 1.29 is 4.79 Å². The van der Waals surface area contributed by atoms with Crippen LogP contribution in [0.3, 0.4) is 0 Å². The number of benzene rings is 1. The highest BCUT2D eigenvalue weighted by Gasteiger charge is 2.30. The van der Waals surface area contributed by atoms with E-state index in [2.05, 4.69) is 22.8 Å². The molecule has 23 heavy (non-hydrogen) atoms. The molecule has 0 radical (unpaired) electrons. The highest BCUT2D eigenvalue weighted by molar-refractivity contribution is 5.79. The van der Waals surface area contributed by atoms with Crippen LogP contribution >= 0.6 is 0 Å². The first-order valence-electron chi connectivity index (χ1n) is 8.97. The molecule has 2 aliphatic rings. The Morgan fingerprint density at radius 1 is 1.13 bits per heavy atom. The molecule has 2 saturated heterocycles. The maximum atomic E-state index is 12.7. The van der Waals surface area contributed by atoms with Crippen molar-refractivity contribution in [3.63, 3.8) is 0 Å². The molecule has 4 nitrogen and oxygen atoms in total. The summed E-state index contributed by atoms with van der Waals surface area (Å²) in [6.07, 6.45) is 4.32. The number of hydrogen-bond acceptors (Lipinski definition) is 3. The van der Waals surface area contributed by atoms with Crippen molar-refractivity contribution >= 4 is 11.6 Å². The number of nitrogens with two attached hydrogens (primary N) is 1. The van der Waals surface area contributed by atoms with Crippen molar-refractivity contribution in [1.82, 2.24) is 9.80 Å². The molecule has 0 aromatic heterocycles. The van der Waals surface area contributed by atoms with Crippen LogP contribution in [0.25, 0.3) is 0 Å². The van der Waals surface area contributed by atoms with Crippen LogP contribution in [-0.4, -0.2) is 41.9 Å². The predicted octanol–water partition coefficient (Wildman–Crippen LogP) is 2.74. The Labute approximate surface area is 139 Å². The van der Waals surface area contributed by atoms with Gasteiger partial charge in [-0.1, -0.05) is 19.1 Å². The minimum absolute atomic E-state index is 0.237. The van der Waals surface area contributed by atoms with E-state index in [0.29, 0.717) is 5.91 Å². The molecule has 1 amide bonds. The van der Waals surface area contributed by atoms with Gasteiger partial charge in [-0.3, -0.25) is 9.69 Å². The molecule has 0 saturated carbocycles. The zero-order valence-electron chi connectivity index (χ0n) is 14.2. The molecule has 0 spiro atoms. The fraction of sp³-hybridized carbons (Fsp3) is 0.632. The first-order chi connectivity index (χ1) is 11.1. The maximum absolute atomic E-state index is 12.7. The number of anilines is 1. The van der Waals surface area contributed by atoms with E-state index in [1.54, 1.807) is 0 Å². The number of amides is 1. The third kappa shape index (κ3) is 4.25. The average Bonchev–Trinajstić information content (AvgIpc) is 2.56. The van der Waals surface area contributed by atoms with E-state index < -0.39 is 0 Å². The second-order valence-electron chi connectivity index (χ2n) is 7.30. The van der Waals surface area contributed by atoms with Crippen LogP contribution in [0.5, 0.6) is 0 Å². The van der Waals surface area contributed by atoms with Gasteiger partial charge < -0.3 is 10.6 Å². The van der Waals surface area contributed by atoms with Gasteiger partial charge in [-0.2, -0.15) is 0 Å². The summed E-state index contributed by atoms with van der Waals surface area (Å²) in [5.74, 6) is 1.42. The van der Waals surface area contributed by atoms with Gasteiger partial charge in [-0.25, -0.2) is 0 Å². The lowest BCUT2D eigenvalue weighted by molar-refractivity contribution is -0.138. The summed E-state index contributed by atoms with van der Waals surface area (Å²) in [6, 6.07) is 8.11. The third-order valence-electron chi connectivity index (χ3n) is 5.39. The lowest BCUT2D eigenvalue weighted by Crippen LogP contribution is -2.45. The minimum atomic E-state index is 0.237. The van der Waals surface area contributed by atoms with Crippen LogP contribution in [0.1, 0.15) is 38.2 Å². The number of nitrogens with zero attached hydrogens (tertiary/aromatic N) is 2. The van der Waals surface area contributed by atoms with Gasteiger partial charge in [0.25, 0.3) is 0 Å². The zero-order valence-corrected chi connectivity index (χ0v) is 14.2. The quantitative estimate of drug-likeness (QED) is 0.873. The SMILES string of the molecule is CC1CCN(C(=O)C2CCN(Cc3cccc(N)c3)CC2)CC1. The molecule has 126 valence electrons. The van der Waals surface area contributed by atoms with Crippen molar-refractivity contribution in [2.45, 2.75) is 39.2 Å². The first-order valence-corrected chi connectivity index (χ1v) is 8.97. The number of carbonyl (C=O) groups is 1. The first kappa shape index (κ1) is 16.3. The van der Waals surface area contributed by atoms with Gasteiger partial charge >= 0.3 is 0 Å². The zero-order chi connectivity index (χ0) is 16.2. The molecular formula is C19H29N3O. The molecule has 0 atom stereocenters. The minimum Gasteiger partial charge on any atom is -0.399 e. The molecule has 2 aliphatic heterocycles. The number of carbonyl (C=O) groups excluding carboxylic acids is 1. The monoisotopic (exact) mass is 315 g/mol. The lowest BCUT2D eigenvalue weighted by atomic mass is 9.92. The van der Waals surface area contributed by atoms with Crippen molar-refractivity contribution in [3.8, 4) is 0 Å². The van der Waals surface area contributed by atoms with Crippen molar-refractivity contribution in [3.05, 3.63) is 29.8 Å². The number of rotatable bonds is 3. The van der Waals surface area contributed by atoms with E-state index in [4.69, 9.17) is 5.73 Å². The Hall–Kier alpha value is -1.55. The van der Waals surface area contributed by atoms with Crippen LogP contribution in [0.15, 0.2) is 24.3 Å². The number of piperidine rings is 2. The van der Waals surface area contributed by atoms with E-state index in [-0.39, 0.29) is 5.92 Å². The van der Waals surface area contributed by atoms with Gasteiger partial charge in [-0.05, 0) is 62.4 Å². The van der Waals surface area contributed by atoms with E-state index in [1.165, 1.54) is 18.4 Å². The number of nitrogen functional groups attached to an aromatic ring is 1. The standard InChI is InChI=1S/C19H29N3O/c1-15-5-11-22(12-6-15)19(23)17-7-9-21(10-8-17)14-16-3-2-4-18(20)13-16/h2-4,13,15,17H,5-12,14,20H2,1H3. The molecule has 4 heteroatoms. The van der Waals surface area contributed by atoms with Crippen LogP contribution in [0.2, 0.25) is 0 Å². The normalized spacial score (nSPS) is 21.5. The van der Waals surface area contributed by atoms with E-state index in [1.807, 2.05) is 18.2 Å². The second-order valence-corrected chi connectivity index (χ2v) is 7.30.